The second-order valence-electron chi connectivity index (χ2n) is 5.57. The van der Waals surface area contributed by atoms with Gasteiger partial charge in [-0.1, -0.05) is 27.7 Å². The van der Waals surface area contributed by atoms with Crippen LogP contribution in [0.15, 0.2) is 12.7 Å². The quantitative estimate of drug-likeness (QED) is 0.820. The molecule has 0 amide bonds. The lowest BCUT2D eigenvalue weighted by Crippen LogP contribution is -2.23. The Hall–Kier alpha value is -2.05. The van der Waals surface area contributed by atoms with Gasteiger partial charge in [0.05, 0.1) is 0 Å². The molecule has 0 saturated carbocycles. The molecular formula is C12H18N6O. The molecule has 0 radical (unpaired) electrons. The molecule has 0 fully saturated rings. The lowest BCUT2D eigenvalue weighted by atomic mass is 9.92. The van der Waals surface area contributed by atoms with Gasteiger partial charge in [0.1, 0.15) is 18.5 Å². The van der Waals surface area contributed by atoms with E-state index in [0.29, 0.717) is 18.1 Å². The number of carbonyl (C=O) groups excluding carboxylic acids is 1. The summed E-state index contributed by atoms with van der Waals surface area (Å²) >= 11 is 0. The molecule has 2 heterocycles. The molecule has 102 valence electrons. The molecule has 0 aliphatic heterocycles. The minimum atomic E-state index is -0.359. The van der Waals surface area contributed by atoms with Crippen LogP contribution in [0.4, 0.5) is 4.79 Å². The zero-order valence-corrected chi connectivity index (χ0v) is 11.7. The summed E-state index contributed by atoms with van der Waals surface area (Å²) in [6.45, 7) is 8.27. The van der Waals surface area contributed by atoms with Gasteiger partial charge in [0, 0.05) is 12.8 Å². The maximum absolute atomic E-state index is 12.2. The highest BCUT2D eigenvalue weighted by molar-refractivity contribution is 5.77. The van der Waals surface area contributed by atoms with Gasteiger partial charge < -0.3 is 0 Å². The van der Waals surface area contributed by atoms with Crippen LogP contribution in [0.2, 0.25) is 0 Å². The van der Waals surface area contributed by atoms with Gasteiger partial charge in [0.25, 0.3) is 0 Å². The third kappa shape index (κ3) is 3.04. The molecule has 19 heavy (non-hydrogen) atoms. The van der Waals surface area contributed by atoms with Gasteiger partial charge in [-0.3, -0.25) is 0 Å². The van der Waals surface area contributed by atoms with Crippen molar-refractivity contribution in [2.24, 2.45) is 5.41 Å². The van der Waals surface area contributed by atoms with Crippen LogP contribution in [-0.2, 0) is 12.8 Å². The molecule has 0 saturated heterocycles. The SMILES string of the molecule is CCc1nc(CC(C)(C)C)nn1C(=O)n1cncn1. The van der Waals surface area contributed by atoms with Crippen molar-refractivity contribution in [1.29, 1.82) is 0 Å². The third-order valence-electron chi connectivity index (χ3n) is 2.52. The molecule has 0 aromatic carbocycles. The number of rotatable bonds is 2. The molecule has 0 aliphatic rings. The van der Waals surface area contributed by atoms with Crippen molar-refractivity contribution in [1.82, 2.24) is 29.5 Å². The zero-order valence-electron chi connectivity index (χ0n) is 11.7. The van der Waals surface area contributed by atoms with Gasteiger partial charge in [-0.05, 0) is 5.41 Å². The van der Waals surface area contributed by atoms with E-state index in [1.54, 1.807) is 0 Å². The van der Waals surface area contributed by atoms with E-state index in [9.17, 15) is 4.79 Å². The Morgan fingerprint density at radius 1 is 1.37 bits per heavy atom. The molecule has 0 aliphatic carbocycles. The molecule has 2 aromatic rings. The Balaban J connectivity index is 2.32. The highest BCUT2D eigenvalue weighted by atomic mass is 16.2. The van der Waals surface area contributed by atoms with Gasteiger partial charge in [0.15, 0.2) is 5.82 Å². The molecular weight excluding hydrogens is 244 g/mol. The van der Waals surface area contributed by atoms with Crippen LogP contribution in [0, 0.1) is 5.41 Å². The van der Waals surface area contributed by atoms with Crippen molar-refractivity contribution in [3.63, 3.8) is 0 Å². The predicted molar refractivity (Wildman–Crippen MR) is 68.8 cm³/mol. The molecule has 2 rings (SSSR count). The van der Waals surface area contributed by atoms with Crippen molar-refractivity contribution >= 4 is 6.03 Å². The van der Waals surface area contributed by atoms with E-state index in [4.69, 9.17) is 0 Å². The summed E-state index contributed by atoms with van der Waals surface area (Å²) < 4.78 is 2.45. The summed E-state index contributed by atoms with van der Waals surface area (Å²) in [6.07, 6.45) is 4.03. The standard InChI is InChI=1S/C12H18N6O/c1-5-10-15-9(6-12(2,3)4)16-18(10)11(19)17-8-13-7-14-17/h7-8H,5-6H2,1-4H3. The van der Waals surface area contributed by atoms with Gasteiger partial charge in [-0.15, -0.1) is 5.10 Å². The maximum atomic E-state index is 12.2. The third-order valence-corrected chi connectivity index (χ3v) is 2.52. The fraction of sp³-hybridized carbons (Fsp3) is 0.583. The van der Waals surface area contributed by atoms with Crippen LogP contribution < -0.4 is 0 Å². The molecule has 7 heteroatoms. The van der Waals surface area contributed by atoms with Crippen LogP contribution in [0.5, 0.6) is 0 Å². The fourth-order valence-electron chi connectivity index (χ4n) is 1.73. The first-order valence-corrected chi connectivity index (χ1v) is 6.25. The fourth-order valence-corrected chi connectivity index (χ4v) is 1.73. The lowest BCUT2D eigenvalue weighted by molar-refractivity contribution is 0.237. The summed E-state index contributed by atoms with van der Waals surface area (Å²) in [7, 11) is 0. The minimum absolute atomic E-state index is 0.0769. The number of aromatic nitrogens is 6. The maximum Gasteiger partial charge on any atom is 0.372 e. The summed E-state index contributed by atoms with van der Waals surface area (Å²) in [5, 5.41) is 8.11. The smallest absolute Gasteiger partial charge is 0.243 e. The molecule has 0 unspecified atom stereocenters. The Labute approximate surface area is 111 Å². The minimum Gasteiger partial charge on any atom is -0.243 e. The largest absolute Gasteiger partial charge is 0.372 e. The topological polar surface area (TPSA) is 78.5 Å². The second kappa shape index (κ2) is 4.91. The Kier molecular flexibility index (Phi) is 3.46. The number of carbonyl (C=O) groups is 1. The Morgan fingerprint density at radius 2 is 2.11 bits per heavy atom. The molecule has 0 N–H and O–H groups in total. The van der Waals surface area contributed by atoms with Crippen molar-refractivity contribution in [2.45, 2.75) is 40.5 Å². The first-order chi connectivity index (χ1) is 8.90. The lowest BCUT2D eigenvalue weighted by Gasteiger charge is -2.14. The van der Waals surface area contributed by atoms with Crippen LogP contribution >= 0.6 is 0 Å². The molecule has 0 spiro atoms. The number of hydrogen-bond donors (Lipinski definition) is 0. The van der Waals surface area contributed by atoms with E-state index in [2.05, 4.69) is 40.9 Å². The van der Waals surface area contributed by atoms with Crippen LogP contribution in [0.25, 0.3) is 0 Å². The predicted octanol–water partition coefficient (Wildman–Crippen LogP) is 1.54. The van der Waals surface area contributed by atoms with E-state index in [-0.39, 0.29) is 11.4 Å². The van der Waals surface area contributed by atoms with Crippen LogP contribution in [-0.4, -0.2) is 35.6 Å². The highest BCUT2D eigenvalue weighted by Gasteiger charge is 2.20. The summed E-state index contributed by atoms with van der Waals surface area (Å²) in [5.74, 6) is 1.32. The van der Waals surface area contributed by atoms with E-state index in [0.717, 1.165) is 11.1 Å². The molecule has 0 bridgehead atoms. The first-order valence-electron chi connectivity index (χ1n) is 6.25. The second-order valence-corrected chi connectivity index (χ2v) is 5.57. The van der Waals surface area contributed by atoms with Crippen molar-refractivity contribution in [3.8, 4) is 0 Å². The number of aryl methyl sites for hydroxylation is 1. The van der Waals surface area contributed by atoms with E-state index in [1.807, 2.05) is 6.92 Å². The summed E-state index contributed by atoms with van der Waals surface area (Å²) in [5.41, 5.74) is 0.0769. The summed E-state index contributed by atoms with van der Waals surface area (Å²) in [4.78, 5) is 20.4. The average molecular weight is 262 g/mol. The van der Waals surface area contributed by atoms with Gasteiger partial charge in [0.2, 0.25) is 0 Å². The van der Waals surface area contributed by atoms with Crippen LogP contribution in [0.3, 0.4) is 0 Å². The zero-order chi connectivity index (χ0) is 14.0. The average Bonchev–Trinajstić information content (AvgIpc) is 2.94. The van der Waals surface area contributed by atoms with Crippen LogP contribution in [0.1, 0.15) is 39.3 Å². The van der Waals surface area contributed by atoms with Crippen molar-refractivity contribution in [3.05, 3.63) is 24.3 Å². The first kappa shape index (κ1) is 13.4. The van der Waals surface area contributed by atoms with Crippen molar-refractivity contribution < 1.29 is 4.79 Å². The Bertz CT molecular complexity index is 564. The van der Waals surface area contributed by atoms with E-state index >= 15 is 0 Å². The highest BCUT2D eigenvalue weighted by Crippen LogP contribution is 2.18. The normalized spacial score (nSPS) is 11.8. The molecule has 7 nitrogen and oxygen atoms in total. The van der Waals surface area contributed by atoms with Crippen molar-refractivity contribution in [2.75, 3.05) is 0 Å². The van der Waals surface area contributed by atoms with E-state index < -0.39 is 0 Å². The Morgan fingerprint density at radius 3 is 2.63 bits per heavy atom. The monoisotopic (exact) mass is 262 g/mol. The molecule has 0 atom stereocenters. The number of nitrogens with zero attached hydrogens (tertiary/aromatic N) is 6. The summed E-state index contributed by atoms with van der Waals surface area (Å²) in [6, 6.07) is -0.359. The molecule has 2 aromatic heterocycles. The van der Waals surface area contributed by atoms with E-state index in [1.165, 1.54) is 17.3 Å². The van der Waals surface area contributed by atoms with Gasteiger partial charge in [-0.25, -0.2) is 14.8 Å². The van der Waals surface area contributed by atoms with Gasteiger partial charge in [-0.2, -0.15) is 14.5 Å². The number of hydrogen-bond acceptors (Lipinski definition) is 5. The van der Waals surface area contributed by atoms with Gasteiger partial charge >= 0.3 is 6.03 Å².